The van der Waals surface area contributed by atoms with Crippen LogP contribution in [0.3, 0.4) is 0 Å². The average molecular weight is 258 g/mol. The fourth-order valence-corrected chi connectivity index (χ4v) is 2.22. The van der Waals surface area contributed by atoms with E-state index in [4.69, 9.17) is 16.3 Å². The number of amides is 1. The van der Waals surface area contributed by atoms with Gasteiger partial charge in [-0.05, 0) is 13.3 Å². The van der Waals surface area contributed by atoms with Crippen LogP contribution in [0.5, 0.6) is 0 Å². The monoisotopic (exact) mass is 257 g/mol. The first-order valence-corrected chi connectivity index (χ1v) is 6.02. The maximum Gasteiger partial charge on any atom is 0.256 e. The summed E-state index contributed by atoms with van der Waals surface area (Å²) < 4.78 is 6.76. The summed E-state index contributed by atoms with van der Waals surface area (Å²) in [5, 5.41) is 7.37. The van der Waals surface area contributed by atoms with E-state index in [0.29, 0.717) is 28.9 Å². The summed E-state index contributed by atoms with van der Waals surface area (Å²) in [6, 6.07) is 0. The topological polar surface area (TPSA) is 56.2 Å². The van der Waals surface area contributed by atoms with E-state index in [9.17, 15) is 4.79 Å². The van der Waals surface area contributed by atoms with Crippen molar-refractivity contribution in [3.63, 3.8) is 0 Å². The van der Waals surface area contributed by atoms with Crippen LogP contribution in [0.2, 0.25) is 5.15 Å². The molecule has 1 aromatic heterocycles. The van der Waals surface area contributed by atoms with Crippen LogP contribution in [-0.4, -0.2) is 35.4 Å². The Balaban J connectivity index is 1.99. The van der Waals surface area contributed by atoms with E-state index in [1.807, 2.05) is 0 Å². The summed E-state index contributed by atoms with van der Waals surface area (Å²) >= 11 is 6.02. The summed E-state index contributed by atoms with van der Waals surface area (Å²) in [4.78, 5) is 12.0. The molecule has 94 valence electrons. The van der Waals surface area contributed by atoms with Crippen LogP contribution in [-0.2, 0) is 11.8 Å². The van der Waals surface area contributed by atoms with Gasteiger partial charge in [0.25, 0.3) is 5.91 Å². The molecule has 0 saturated carbocycles. The van der Waals surface area contributed by atoms with Gasteiger partial charge >= 0.3 is 0 Å². The van der Waals surface area contributed by atoms with Gasteiger partial charge in [0.1, 0.15) is 5.15 Å². The predicted molar refractivity (Wildman–Crippen MR) is 64.2 cm³/mol. The zero-order chi connectivity index (χ0) is 12.4. The molecule has 1 aliphatic rings. The number of carbonyl (C=O) groups is 1. The Hall–Kier alpha value is -1.07. The van der Waals surface area contributed by atoms with Gasteiger partial charge in [0, 0.05) is 26.1 Å². The van der Waals surface area contributed by atoms with E-state index in [2.05, 4.69) is 10.4 Å². The van der Waals surface area contributed by atoms with Gasteiger partial charge in [-0.3, -0.25) is 9.48 Å². The van der Waals surface area contributed by atoms with Crippen molar-refractivity contribution in [1.82, 2.24) is 15.1 Å². The molecule has 0 aromatic carbocycles. The van der Waals surface area contributed by atoms with E-state index in [-0.39, 0.29) is 5.91 Å². The first-order chi connectivity index (χ1) is 8.09. The number of nitrogens with one attached hydrogen (secondary N) is 1. The number of rotatable bonds is 3. The molecule has 2 rings (SSSR count). The van der Waals surface area contributed by atoms with Gasteiger partial charge in [-0.2, -0.15) is 5.10 Å². The minimum absolute atomic E-state index is 0.160. The highest BCUT2D eigenvalue weighted by atomic mass is 35.5. The predicted octanol–water partition coefficient (Wildman–Crippen LogP) is 1.15. The molecule has 1 amide bonds. The minimum Gasteiger partial charge on any atom is -0.381 e. The van der Waals surface area contributed by atoms with Gasteiger partial charge in [0.2, 0.25) is 0 Å². The molecular weight excluding hydrogens is 242 g/mol. The molecule has 0 radical (unpaired) electrons. The van der Waals surface area contributed by atoms with Crippen LogP contribution in [0.25, 0.3) is 0 Å². The summed E-state index contributed by atoms with van der Waals surface area (Å²) in [6.07, 6.45) is 1.00. The molecule has 5 nitrogen and oxygen atoms in total. The van der Waals surface area contributed by atoms with Crippen LogP contribution in [0.1, 0.15) is 22.5 Å². The molecule has 0 aliphatic carbocycles. The van der Waals surface area contributed by atoms with E-state index in [1.165, 1.54) is 4.68 Å². The largest absolute Gasteiger partial charge is 0.381 e. The van der Waals surface area contributed by atoms with Gasteiger partial charge in [-0.25, -0.2) is 0 Å². The van der Waals surface area contributed by atoms with Crippen molar-refractivity contribution in [2.75, 3.05) is 19.8 Å². The highest BCUT2D eigenvalue weighted by Gasteiger charge is 2.21. The van der Waals surface area contributed by atoms with Crippen molar-refractivity contribution in [3.05, 3.63) is 16.4 Å². The van der Waals surface area contributed by atoms with Crippen LogP contribution in [0, 0.1) is 12.8 Å². The van der Waals surface area contributed by atoms with Crippen LogP contribution in [0.15, 0.2) is 0 Å². The third-order valence-electron chi connectivity index (χ3n) is 2.95. The number of halogens is 1. The lowest BCUT2D eigenvalue weighted by Crippen LogP contribution is -2.29. The lowest BCUT2D eigenvalue weighted by molar-refractivity contribution is 0.0944. The molecule has 1 atom stereocenters. The fraction of sp³-hybridized carbons (Fsp3) is 0.636. The number of ether oxygens (including phenoxy) is 1. The zero-order valence-corrected chi connectivity index (χ0v) is 10.8. The Labute approximate surface area is 105 Å². The quantitative estimate of drug-likeness (QED) is 0.884. The number of carbonyl (C=O) groups excluding carboxylic acids is 1. The van der Waals surface area contributed by atoms with Gasteiger partial charge in [0.15, 0.2) is 0 Å². The third kappa shape index (κ3) is 2.61. The van der Waals surface area contributed by atoms with Crippen molar-refractivity contribution in [1.29, 1.82) is 0 Å². The Morgan fingerprint density at radius 2 is 2.47 bits per heavy atom. The Bertz CT molecular complexity index is 425. The standard InChI is InChI=1S/C11H16ClN3O2/c1-7-9(10(12)15(2)14-7)11(16)13-5-8-3-4-17-6-8/h8H,3-6H2,1-2H3,(H,13,16)/t8-/m1/s1. The summed E-state index contributed by atoms with van der Waals surface area (Å²) in [5.41, 5.74) is 1.12. The highest BCUT2D eigenvalue weighted by molar-refractivity contribution is 6.33. The van der Waals surface area contributed by atoms with E-state index in [0.717, 1.165) is 19.6 Å². The number of hydrogen-bond donors (Lipinski definition) is 1. The molecule has 1 N–H and O–H groups in total. The van der Waals surface area contributed by atoms with Crippen molar-refractivity contribution in [2.45, 2.75) is 13.3 Å². The van der Waals surface area contributed by atoms with Crippen LogP contribution in [0.4, 0.5) is 0 Å². The van der Waals surface area contributed by atoms with E-state index >= 15 is 0 Å². The molecule has 1 aromatic rings. The fourth-order valence-electron chi connectivity index (χ4n) is 1.96. The Morgan fingerprint density at radius 1 is 1.71 bits per heavy atom. The van der Waals surface area contributed by atoms with Crippen molar-refractivity contribution in [2.24, 2.45) is 13.0 Å². The molecule has 0 bridgehead atoms. The molecule has 17 heavy (non-hydrogen) atoms. The Morgan fingerprint density at radius 3 is 3.00 bits per heavy atom. The molecule has 2 heterocycles. The normalized spacial score (nSPS) is 19.6. The number of hydrogen-bond acceptors (Lipinski definition) is 3. The molecule has 0 spiro atoms. The summed E-state index contributed by atoms with van der Waals surface area (Å²) in [6.45, 7) is 3.91. The molecular formula is C11H16ClN3O2. The van der Waals surface area contributed by atoms with Crippen LogP contribution >= 0.6 is 11.6 Å². The van der Waals surface area contributed by atoms with Gasteiger partial charge in [-0.15, -0.1) is 0 Å². The molecule has 0 unspecified atom stereocenters. The van der Waals surface area contributed by atoms with Gasteiger partial charge in [-0.1, -0.05) is 11.6 Å². The second-order valence-electron chi connectivity index (χ2n) is 4.31. The third-order valence-corrected chi connectivity index (χ3v) is 3.39. The lowest BCUT2D eigenvalue weighted by Gasteiger charge is -2.09. The Kier molecular flexibility index (Phi) is 3.69. The molecule has 1 saturated heterocycles. The van der Waals surface area contributed by atoms with Crippen LogP contribution < -0.4 is 5.32 Å². The number of aromatic nitrogens is 2. The summed E-state index contributed by atoms with van der Waals surface area (Å²) in [7, 11) is 1.72. The first kappa shape index (κ1) is 12.4. The lowest BCUT2D eigenvalue weighted by atomic mass is 10.1. The number of aryl methyl sites for hydroxylation is 2. The van der Waals surface area contributed by atoms with Crippen molar-refractivity contribution >= 4 is 17.5 Å². The SMILES string of the molecule is Cc1nn(C)c(Cl)c1C(=O)NC[C@H]1CCOC1. The van der Waals surface area contributed by atoms with Gasteiger partial charge in [0.05, 0.1) is 17.9 Å². The maximum atomic E-state index is 12.0. The van der Waals surface area contributed by atoms with Crippen molar-refractivity contribution in [3.8, 4) is 0 Å². The number of nitrogens with zero attached hydrogens (tertiary/aromatic N) is 2. The highest BCUT2D eigenvalue weighted by Crippen LogP contribution is 2.18. The summed E-state index contributed by atoms with van der Waals surface area (Å²) in [5.74, 6) is 0.252. The second-order valence-corrected chi connectivity index (χ2v) is 4.67. The van der Waals surface area contributed by atoms with Crippen molar-refractivity contribution < 1.29 is 9.53 Å². The van der Waals surface area contributed by atoms with E-state index < -0.39 is 0 Å². The average Bonchev–Trinajstić information content (AvgIpc) is 2.86. The maximum absolute atomic E-state index is 12.0. The molecule has 1 aliphatic heterocycles. The second kappa shape index (κ2) is 5.06. The molecule has 1 fully saturated rings. The van der Waals surface area contributed by atoms with Gasteiger partial charge < -0.3 is 10.1 Å². The molecule has 6 heteroatoms. The first-order valence-electron chi connectivity index (χ1n) is 5.64. The smallest absolute Gasteiger partial charge is 0.256 e. The van der Waals surface area contributed by atoms with E-state index in [1.54, 1.807) is 14.0 Å². The zero-order valence-electron chi connectivity index (χ0n) is 9.99. The minimum atomic E-state index is -0.160.